The normalized spacial score (nSPS) is 9.68. The van der Waals surface area contributed by atoms with Gasteiger partial charge in [-0.05, 0) is 24.1 Å². The zero-order chi connectivity index (χ0) is 14.1. The molecule has 0 aliphatic carbocycles. The lowest BCUT2D eigenvalue weighted by Gasteiger charge is -2.04. The molecule has 0 unspecified atom stereocenters. The minimum absolute atomic E-state index is 0.0734. The van der Waals surface area contributed by atoms with Crippen molar-refractivity contribution in [1.29, 1.82) is 0 Å². The highest BCUT2D eigenvalue weighted by Crippen LogP contribution is 2.05. The van der Waals surface area contributed by atoms with Crippen LogP contribution in [-0.2, 0) is 25.5 Å². The fourth-order valence-corrected chi connectivity index (χ4v) is 1.48. The molecule has 0 radical (unpaired) electrons. The van der Waals surface area contributed by atoms with E-state index < -0.39 is 11.9 Å². The van der Waals surface area contributed by atoms with Crippen LogP contribution in [0.15, 0.2) is 24.3 Å². The summed E-state index contributed by atoms with van der Waals surface area (Å²) in [6.07, 6.45) is 6.10. The number of hydrogen-bond donors (Lipinski definition) is 0. The highest BCUT2D eigenvalue weighted by atomic mass is 16.6. The molecule has 1 rings (SSSR count). The maximum Gasteiger partial charge on any atom is 0.315 e. The second-order valence-corrected chi connectivity index (χ2v) is 3.92. The molecule has 0 aromatic heterocycles. The number of rotatable bonds is 6. The summed E-state index contributed by atoms with van der Waals surface area (Å²) < 4.78 is 9.66. The van der Waals surface area contributed by atoms with Gasteiger partial charge in [0.15, 0.2) is 0 Å². The fourth-order valence-electron chi connectivity index (χ4n) is 1.48. The Hall–Kier alpha value is -2.12. The molecule has 0 spiro atoms. The van der Waals surface area contributed by atoms with E-state index in [4.69, 9.17) is 11.2 Å². The van der Waals surface area contributed by atoms with E-state index in [9.17, 15) is 9.59 Å². The molecule has 0 aliphatic heterocycles. The molecule has 100 valence electrons. The minimum Gasteiger partial charge on any atom is -0.393 e. The van der Waals surface area contributed by atoms with Crippen molar-refractivity contribution in [3.63, 3.8) is 0 Å². The van der Waals surface area contributed by atoms with Crippen LogP contribution in [0.25, 0.3) is 0 Å². The number of carbonyl (C=O) groups is 2. The summed E-state index contributed by atoms with van der Waals surface area (Å²) in [4.78, 5) is 21.5. The van der Waals surface area contributed by atoms with Gasteiger partial charge in [-0.2, -0.15) is 0 Å². The Bertz CT molecular complexity index is 485. The van der Waals surface area contributed by atoms with Gasteiger partial charge in [-0.1, -0.05) is 18.1 Å². The van der Waals surface area contributed by atoms with Gasteiger partial charge in [0.1, 0.15) is 0 Å². The number of hydrogen-bond acceptors (Lipinski definition) is 4. The van der Waals surface area contributed by atoms with E-state index in [-0.39, 0.29) is 13.0 Å². The largest absolute Gasteiger partial charge is 0.393 e. The minimum atomic E-state index is -0.601. The second-order valence-electron chi connectivity index (χ2n) is 3.92. The lowest BCUT2D eigenvalue weighted by molar-refractivity contribution is -0.158. The predicted octanol–water partition coefficient (Wildman–Crippen LogP) is 1.71. The fraction of sp³-hybridized carbons (Fsp3) is 0.333. The number of esters is 2. The van der Waals surface area contributed by atoms with Crippen LogP contribution in [0.1, 0.15) is 24.5 Å². The van der Waals surface area contributed by atoms with Crippen molar-refractivity contribution >= 4 is 11.9 Å². The summed E-state index contributed by atoms with van der Waals surface area (Å²) in [6.45, 7) is 1.92. The van der Waals surface area contributed by atoms with Gasteiger partial charge >= 0.3 is 11.9 Å². The van der Waals surface area contributed by atoms with E-state index in [0.29, 0.717) is 6.61 Å². The van der Waals surface area contributed by atoms with Crippen molar-refractivity contribution in [2.45, 2.75) is 19.8 Å². The first-order chi connectivity index (χ1) is 9.11. The third-order valence-corrected chi connectivity index (χ3v) is 2.34. The number of ether oxygens (including phenoxy) is 2. The molecular formula is C15H16O4. The molecule has 19 heavy (non-hydrogen) atoms. The highest BCUT2D eigenvalue weighted by Gasteiger charge is 2.05. The first-order valence-corrected chi connectivity index (χ1v) is 5.96. The van der Waals surface area contributed by atoms with Gasteiger partial charge < -0.3 is 9.47 Å². The summed E-state index contributed by atoms with van der Waals surface area (Å²) in [5.41, 5.74) is 1.92. The lowest BCUT2D eigenvalue weighted by atomic mass is 10.1. The predicted molar refractivity (Wildman–Crippen MR) is 70.3 cm³/mol. The van der Waals surface area contributed by atoms with E-state index in [1.165, 1.54) is 6.92 Å². The van der Waals surface area contributed by atoms with E-state index in [1.54, 1.807) is 0 Å². The second kappa shape index (κ2) is 8.06. The Balaban J connectivity index is 2.19. The van der Waals surface area contributed by atoms with Crippen LogP contribution in [0, 0.1) is 12.3 Å². The highest BCUT2D eigenvalue weighted by molar-refractivity contribution is 5.84. The summed E-state index contributed by atoms with van der Waals surface area (Å²) in [7, 11) is 0. The van der Waals surface area contributed by atoms with Gasteiger partial charge in [0.05, 0.1) is 19.6 Å². The summed E-state index contributed by atoms with van der Waals surface area (Å²) in [5.74, 6) is 1.40. The van der Waals surface area contributed by atoms with Gasteiger partial charge in [-0.25, -0.2) is 0 Å². The number of carbonyl (C=O) groups excluding carboxylic acids is 2. The Kier molecular flexibility index (Phi) is 6.34. The van der Waals surface area contributed by atoms with Crippen LogP contribution in [0.5, 0.6) is 0 Å². The Morgan fingerprint density at radius 2 is 2.11 bits per heavy atom. The Morgan fingerprint density at radius 1 is 1.32 bits per heavy atom. The van der Waals surface area contributed by atoms with Gasteiger partial charge in [-0.3, -0.25) is 9.59 Å². The smallest absolute Gasteiger partial charge is 0.315 e. The van der Waals surface area contributed by atoms with Crippen molar-refractivity contribution in [2.75, 3.05) is 13.2 Å². The van der Waals surface area contributed by atoms with E-state index in [2.05, 4.69) is 10.7 Å². The van der Waals surface area contributed by atoms with Crippen LogP contribution >= 0.6 is 0 Å². The molecule has 0 atom stereocenters. The van der Waals surface area contributed by atoms with Crippen molar-refractivity contribution < 1.29 is 19.1 Å². The summed E-state index contributed by atoms with van der Waals surface area (Å²) in [5, 5.41) is 0. The zero-order valence-electron chi connectivity index (χ0n) is 10.8. The molecule has 0 heterocycles. The standard InChI is InChI=1S/C15H16O4/c1-3-13-5-4-6-14(11-13)7-9-18-10-8-15(17)19-12(2)16/h1,4-6,11H,7-10H2,2H3. The Labute approximate surface area is 112 Å². The molecule has 1 aromatic carbocycles. The first kappa shape index (κ1) is 14.9. The molecule has 0 N–H and O–H groups in total. The number of benzene rings is 1. The van der Waals surface area contributed by atoms with Crippen molar-refractivity contribution in [3.05, 3.63) is 35.4 Å². The molecule has 0 aliphatic rings. The molecule has 1 aromatic rings. The monoisotopic (exact) mass is 260 g/mol. The molecule has 0 saturated carbocycles. The maximum absolute atomic E-state index is 11.0. The summed E-state index contributed by atoms with van der Waals surface area (Å²) >= 11 is 0. The molecule has 0 fully saturated rings. The molecule has 0 saturated heterocycles. The SMILES string of the molecule is C#Cc1cccc(CCOCCC(=O)OC(C)=O)c1. The molecule has 0 bridgehead atoms. The van der Waals surface area contributed by atoms with Crippen LogP contribution in [0.2, 0.25) is 0 Å². The van der Waals surface area contributed by atoms with E-state index >= 15 is 0 Å². The number of terminal acetylenes is 1. The van der Waals surface area contributed by atoms with Gasteiger partial charge in [0, 0.05) is 12.5 Å². The topological polar surface area (TPSA) is 52.6 Å². The molecule has 0 amide bonds. The lowest BCUT2D eigenvalue weighted by Crippen LogP contribution is -2.12. The maximum atomic E-state index is 11.0. The van der Waals surface area contributed by atoms with Crippen LogP contribution in [0.4, 0.5) is 0 Å². The van der Waals surface area contributed by atoms with Crippen molar-refractivity contribution in [2.24, 2.45) is 0 Å². The van der Waals surface area contributed by atoms with Gasteiger partial charge in [0.25, 0.3) is 0 Å². The molecular weight excluding hydrogens is 244 g/mol. The average Bonchev–Trinajstić information content (AvgIpc) is 2.37. The Morgan fingerprint density at radius 3 is 2.79 bits per heavy atom. The van der Waals surface area contributed by atoms with Crippen molar-refractivity contribution in [1.82, 2.24) is 0 Å². The van der Waals surface area contributed by atoms with Crippen LogP contribution in [-0.4, -0.2) is 25.2 Å². The average molecular weight is 260 g/mol. The van der Waals surface area contributed by atoms with E-state index in [1.807, 2.05) is 24.3 Å². The molecule has 4 heteroatoms. The van der Waals surface area contributed by atoms with Crippen molar-refractivity contribution in [3.8, 4) is 12.3 Å². The van der Waals surface area contributed by atoms with Crippen LogP contribution < -0.4 is 0 Å². The molecule has 4 nitrogen and oxygen atoms in total. The quantitative estimate of drug-likeness (QED) is 0.338. The van der Waals surface area contributed by atoms with E-state index in [0.717, 1.165) is 17.5 Å². The van der Waals surface area contributed by atoms with Gasteiger partial charge in [0.2, 0.25) is 0 Å². The summed E-state index contributed by atoms with van der Waals surface area (Å²) in [6, 6.07) is 7.65. The first-order valence-electron chi connectivity index (χ1n) is 5.96. The third kappa shape index (κ3) is 6.39. The zero-order valence-corrected chi connectivity index (χ0v) is 10.8. The third-order valence-electron chi connectivity index (χ3n) is 2.34. The van der Waals surface area contributed by atoms with Crippen LogP contribution in [0.3, 0.4) is 0 Å². The van der Waals surface area contributed by atoms with Gasteiger partial charge in [-0.15, -0.1) is 6.42 Å².